The van der Waals surface area contributed by atoms with E-state index in [0.29, 0.717) is 0 Å². The zero-order valence-corrected chi connectivity index (χ0v) is 12.4. The lowest BCUT2D eigenvalue weighted by Crippen LogP contribution is -1.91. The minimum Gasteiger partial charge on any atom is -0.146 e. The summed E-state index contributed by atoms with van der Waals surface area (Å²) in [6.45, 7) is 2.00. The standard InChI is InChI=1S/C12H9BrCl2S/c1-7-6-8(2-3-9(7)14)11(13)12-10(15)4-5-16-12/h2-6,11H,1H3. The summed E-state index contributed by atoms with van der Waals surface area (Å²) in [5.41, 5.74) is 2.25. The van der Waals surface area contributed by atoms with Crippen LogP contribution in [-0.4, -0.2) is 0 Å². The van der Waals surface area contributed by atoms with Gasteiger partial charge in [0, 0.05) is 9.90 Å². The molecule has 0 aliphatic rings. The Labute approximate surface area is 117 Å². The van der Waals surface area contributed by atoms with Gasteiger partial charge >= 0.3 is 0 Å². The first kappa shape index (κ1) is 12.4. The van der Waals surface area contributed by atoms with Crippen LogP contribution in [0.15, 0.2) is 29.6 Å². The highest BCUT2D eigenvalue weighted by Gasteiger charge is 2.15. The molecular formula is C12H9BrCl2S. The molecule has 1 heterocycles. The summed E-state index contributed by atoms with van der Waals surface area (Å²) in [6, 6.07) is 7.93. The minimum absolute atomic E-state index is 0.135. The second kappa shape index (κ2) is 5.09. The Bertz CT molecular complexity index is 507. The molecule has 2 aromatic rings. The van der Waals surface area contributed by atoms with Crippen molar-refractivity contribution in [2.24, 2.45) is 0 Å². The van der Waals surface area contributed by atoms with Crippen molar-refractivity contribution in [3.8, 4) is 0 Å². The Kier molecular flexibility index (Phi) is 3.96. The van der Waals surface area contributed by atoms with E-state index in [-0.39, 0.29) is 4.83 Å². The summed E-state index contributed by atoms with van der Waals surface area (Å²) < 4.78 is 0. The zero-order chi connectivity index (χ0) is 11.7. The third kappa shape index (κ3) is 2.45. The molecule has 84 valence electrons. The van der Waals surface area contributed by atoms with Gasteiger partial charge in [0.15, 0.2) is 0 Å². The molecule has 1 atom stereocenters. The van der Waals surface area contributed by atoms with Gasteiger partial charge in [-0.15, -0.1) is 11.3 Å². The molecule has 0 bridgehead atoms. The maximum Gasteiger partial charge on any atom is 0.0753 e. The Morgan fingerprint density at radius 2 is 1.94 bits per heavy atom. The molecule has 0 saturated carbocycles. The van der Waals surface area contributed by atoms with Crippen molar-refractivity contribution in [1.29, 1.82) is 0 Å². The van der Waals surface area contributed by atoms with Gasteiger partial charge in [0.1, 0.15) is 0 Å². The lowest BCUT2D eigenvalue weighted by molar-refractivity contribution is 1.21. The maximum absolute atomic E-state index is 6.11. The van der Waals surface area contributed by atoms with Gasteiger partial charge in [0.05, 0.1) is 9.85 Å². The van der Waals surface area contributed by atoms with Gasteiger partial charge in [0.2, 0.25) is 0 Å². The lowest BCUT2D eigenvalue weighted by Gasteiger charge is -2.10. The summed E-state index contributed by atoms with van der Waals surface area (Å²) in [7, 11) is 0. The van der Waals surface area contributed by atoms with Crippen LogP contribution < -0.4 is 0 Å². The molecule has 0 spiro atoms. The van der Waals surface area contributed by atoms with E-state index < -0.39 is 0 Å². The first-order valence-corrected chi connectivity index (χ1v) is 7.27. The Morgan fingerprint density at radius 1 is 1.19 bits per heavy atom. The summed E-state index contributed by atoms with van der Waals surface area (Å²) in [5, 5.41) is 3.59. The molecule has 0 nitrogen and oxygen atoms in total. The van der Waals surface area contributed by atoms with Crippen LogP contribution in [0.25, 0.3) is 0 Å². The Hall–Kier alpha value is -0.0200. The van der Waals surface area contributed by atoms with Crippen LogP contribution in [-0.2, 0) is 0 Å². The largest absolute Gasteiger partial charge is 0.146 e. The monoisotopic (exact) mass is 334 g/mol. The van der Waals surface area contributed by atoms with Gasteiger partial charge in [-0.05, 0) is 35.6 Å². The molecule has 0 amide bonds. The van der Waals surface area contributed by atoms with E-state index in [4.69, 9.17) is 23.2 Å². The molecule has 0 aliphatic heterocycles. The van der Waals surface area contributed by atoms with Crippen molar-refractivity contribution in [2.75, 3.05) is 0 Å². The molecule has 1 aromatic heterocycles. The quantitative estimate of drug-likeness (QED) is 0.604. The molecule has 0 radical (unpaired) electrons. The molecule has 16 heavy (non-hydrogen) atoms. The fourth-order valence-electron chi connectivity index (χ4n) is 1.46. The van der Waals surface area contributed by atoms with E-state index in [9.17, 15) is 0 Å². The van der Waals surface area contributed by atoms with Crippen molar-refractivity contribution in [3.63, 3.8) is 0 Å². The van der Waals surface area contributed by atoms with Crippen LogP contribution in [0.2, 0.25) is 10.0 Å². The van der Waals surface area contributed by atoms with Crippen molar-refractivity contribution < 1.29 is 0 Å². The SMILES string of the molecule is Cc1cc(C(Br)c2sccc2Cl)ccc1Cl. The predicted molar refractivity (Wildman–Crippen MR) is 76.3 cm³/mol. The maximum atomic E-state index is 6.11. The number of aryl methyl sites for hydroxylation is 1. The van der Waals surface area contributed by atoms with Gasteiger partial charge < -0.3 is 0 Å². The average molecular weight is 336 g/mol. The van der Waals surface area contributed by atoms with Crippen LogP contribution >= 0.6 is 50.5 Å². The molecule has 0 aliphatic carbocycles. The molecule has 0 fully saturated rings. The topological polar surface area (TPSA) is 0 Å². The smallest absolute Gasteiger partial charge is 0.0753 e. The van der Waals surface area contributed by atoms with Crippen molar-refractivity contribution in [2.45, 2.75) is 11.8 Å². The number of alkyl halides is 1. The van der Waals surface area contributed by atoms with Gasteiger partial charge in [-0.25, -0.2) is 0 Å². The minimum atomic E-state index is 0.135. The average Bonchev–Trinajstić information content (AvgIpc) is 2.67. The van der Waals surface area contributed by atoms with Crippen LogP contribution in [0.5, 0.6) is 0 Å². The summed E-state index contributed by atoms with van der Waals surface area (Å²) in [4.78, 5) is 1.26. The molecule has 2 rings (SSSR count). The van der Waals surface area contributed by atoms with E-state index in [2.05, 4.69) is 22.0 Å². The normalized spacial score (nSPS) is 12.8. The second-order valence-electron chi connectivity index (χ2n) is 3.50. The van der Waals surface area contributed by atoms with Gasteiger partial charge in [0.25, 0.3) is 0 Å². The molecule has 0 N–H and O–H groups in total. The molecular weight excluding hydrogens is 327 g/mol. The molecule has 1 aromatic carbocycles. The zero-order valence-electron chi connectivity index (χ0n) is 8.51. The summed E-state index contributed by atoms with van der Waals surface area (Å²) in [5.74, 6) is 0. The van der Waals surface area contributed by atoms with Crippen LogP contribution in [0, 0.1) is 6.92 Å². The lowest BCUT2D eigenvalue weighted by atomic mass is 10.1. The molecule has 1 unspecified atom stereocenters. The van der Waals surface area contributed by atoms with Crippen molar-refractivity contribution in [3.05, 3.63) is 55.7 Å². The van der Waals surface area contributed by atoms with E-state index in [1.807, 2.05) is 30.5 Å². The van der Waals surface area contributed by atoms with Gasteiger partial charge in [-0.2, -0.15) is 0 Å². The number of hydrogen-bond acceptors (Lipinski definition) is 1. The fourth-order valence-corrected chi connectivity index (χ4v) is 3.74. The second-order valence-corrected chi connectivity index (χ2v) is 6.18. The highest BCUT2D eigenvalue weighted by atomic mass is 79.9. The number of halogens is 3. The van der Waals surface area contributed by atoms with Crippen LogP contribution in [0.3, 0.4) is 0 Å². The first-order valence-electron chi connectivity index (χ1n) is 4.72. The van der Waals surface area contributed by atoms with E-state index in [0.717, 1.165) is 20.5 Å². The predicted octanol–water partition coefficient (Wildman–Crippen LogP) is 5.85. The summed E-state index contributed by atoms with van der Waals surface area (Å²) >= 11 is 17.4. The van der Waals surface area contributed by atoms with Crippen molar-refractivity contribution >= 4 is 50.5 Å². The number of thiophene rings is 1. The number of hydrogen-bond donors (Lipinski definition) is 0. The molecule has 0 saturated heterocycles. The fraction of sp³-hybridized carbons (Fsp3) is 0.167. The molecule has 4 heteroatoms. The first-order chi connectivity index (χ1) is 7.59. The van der Waals surface area contributed by atoms with E-state index in [1.165, 1.54) is 5.56 Å². The van der Waals surface area contributed by atoms with Crippen molar-refractivity contribution in [1.82, 2.24) is 0 Å². The third-order valence-electron chi connectivity index (χ3n) is 2.35. The third-order valence-corrected chi connectivity index (χ3v) is 5.49. The van der Waals surface area contributed by atoms with Gasteiger partial charge in [-0.1, -0.05) is 51.3 Å². The summed E-state index contributed by atoms with van der Waals surface area (Å²) in [6.07, 6.45) is 0. The van der Waals surface area contributed by atoms with Gasteiger partial charge in [-0.3, -0.25) is 0 Å². The highest BCUT2D eigenvalue weighted by molar-refractivity contribution is 9.09. The van der Waals surface area contributed by atoms with Crippen LogP contribution in [0.1, 0.15) is 20.8 Å². The number of rotatable bonds is 2. The Morgan fingerprint density at radius 3 is 2.50 bits per heavy atom. The van der Waals surface area contributed by atoms with Crippen LogP contribution in [0.4, 0.5) is 0 Å². The van der Waals surface area contributed by atoms with E-state index >= 15 is 0 Å². The van der Waals surface area contributed by atoms with E-state index in [1.54, 1.807) is 11.3 Å². The number of benzene rings is 1. The highest BCUT2D eigenvalue weighted by Crippen LogP contribution is 2.39. The Balaban J connectivity index is 2.38.